The summed E-state index contributed by atoms with van der Waals surface area (Å²) < 4.78 is 17.9. The van der Waals surface area contributed by atoms with Crippen LogP contribution < -0.4 is 0 Å². The van der Waals surface area contributed by atoms with Crippen molar-refractivity contribution in [3.05, 3.63) is 35.4 Å². The molecule has 3 fully saturated rings. The fraction of sp³-hybridized carbons (Fsp3) is 0.467. The summed E-state index contributed by atoms with van der Waals surface area (Å²) in [6.07, 6.45) is 0. The van der Waals surface area contributed by atoms with Crippen LogP contribution in [0.5, 0.6) is 0 Å². The Morgan fingerprint density at radius 1 is 0.870 bits per heavy atom. The summed E-state index contributed by atoms with van der Waals surface area (Å²) in [5.41, 5.74) is 0.887. The fourth-order valence-corrected chi connectivity index (χ4v) is 8.21. The van der Waals surface area contributed by atoms with E-state index >= 15 is 0 Å². The molecule has 1 aromatic rings. The van der Waals surface area contributed by atoms with E-state index in [4.69, 9.17) is 11.3 Å². The van der Waals surface area contributed by atoms with Crippen LogP contribution in [0.15, 0.2) is 24.3 Å². The van der Waals surface area contributed by atoms with Crippen molar-refractivity contribution in [1.29, 1.82) is 0 Å². The first-order valence-electron chi connectivity index (χ1n) is 7.78. The van der Waals surface area contributed by atoms with Gasteiger partial charge in [0.05, 0.1) is 0 Å². The fourth-order valence-electron chi connectivity index (χ4n) is 3.16. The van der Waals surface area contributed by atoms with E-state index in [-0.39, 0.29) is 17.2 Å². The number of amides is 2. The van der Waals surface area contributed by atoms with E-state index < -0.39 is 14.3 Å². The standard InChI is InChI=1S/C15H18GeN2O5/c19-14-12-3-1-2-4-13(12)15(20)18(14)11-16-21-8-5-17(6-9-22-16)7-10-23-16/h1-4H,5-11H2. The Kier molecular flexibility index (Phi) is 3.98. The number of fused-ring (bicyclic) bond motifs is 7. The molecule has 8 heteroatoms. The monoisotopic (exact) mass is 380 g/mol. The van der Waals surface area contributed by atoms with Crippen molar-refractivity contribution in [3.63, 3.8) is 0 Å². The van der Waals surface area contributed by atoms with Gasteiger partial charge < -0.3 is 0 Å². The zero-order chi connectivity index (χ0) is 15.9. The van der Waals surface area contributed by atoms with Gasteiger partial charge in [0.2, 0.25) is 0 Å². The van der Waals surface area contributed by atoms with E-state index in [0.29, 0.717) is 30.9 Å². The number of rotatable bonds is 2. The second kappa shape index (κ2) is 5.99. The molecule has 122 valence electrons. The molecule has 0 N–H and O–H groups in total. The number of carbonyl (C=O) groups excluding carboxylic acids is 2. The van der Waals surface area contributed by atoms with Crippen molar-refractivity contribution in [2.45, 2.75) is 0 Å². The molecule has 2 bridgehead atoms. The number of carbonyl (C=O) groups is 2. The van der Waals surface area contributed by atoms with Crippen LogP contribution >= 0.6 is 0 Å². The predicted molar refractivity (Wildman–Crippen MR) is 81.9 cm³/mol. The van der Waals surface area contributed by atoms with Crippen LogP contribution in [0, 0.1) is 0 Å². The Morgan fingerprint density at radius 3 is 1.83 bits per heavy atom. The van der Waals surface area contributed by atoms with Crippen molar-refractivity contribution in [2.24, 2.45) is 0 Å². The van der Waals surface area contributed by atoms with Gasteiger partial charge in [0.25, 0.3) is 0 Å². The third-order valence-corrected chi connectivity index (χ3v) is 9.95. The summed E-state index contributed by atoms with van der Waals surface area (Å²) in [5.74, 6) is -0.570. The molecule has 0 unspecified atom stereocenters. The van der Waals surface area contributed by atoms with Gasteiger partial charge in [-0.1, -0.05) is 0 Å². The summed E-state index contributed by atoms with van der Waals surface area (Å²) in [6, 6.07) is 6.88. The quantitative estimate of drug-likeness (QED) is 0.538. The van der Waals surface area contributed by atoms with Crippen molar-refractivity contribution in [1.82, 2.24) is 9.80 Å². The van der Waals surface area contributed by atoms with Gasteiger partial charge >= 0.3 is 137 Å². The Bertz CT molecular complexity index is 591. The number of nitrogens with zero attached hydrogens (tertiary/aromatic N) is 2. The summed E-state index contributed by atoms with van der Waals surface area (Å²) in [7, 11) is 0. The first-order chi connectivity index (χ1) is 11.2. The molecular formula is C15H18GeN2O5. The molecule has 0 atom stereocenters. The van der Waals surface area contributed by atoms with Crippen LogP contribution in [-0.4, -0.2) is 80.7 Å². The minimum atomic E-state index is -3.65. The second-order valence-corrected chi connectivity index (χ2v) is 11.2. The van der Waals surface area contributed by atoms with Crippen LogP contribution in [0.25, 0.3) is 0 Å². The molecule has 0 aromatic heterocycles. The maximum atomic E-state index is 12.6. The summed E-state index contributed by atoms with van der Waals surface area (Å²) in [6.45, 7) is 4.06. The minimum absolute atomic E-state index is 0.131. The van der Waals surface area contributed by atoms with Crippen LogP contribution in [0.1, 0.15) is 20.7 Å². The average molecular weight is 379 g/mol. The molecule has 0 aliphatic carbocycles. The van der Waals surface area contributed by atoms with Crippen LogP contribution in [0.4, 0.5) is 0 Å². The van der Waals surface area contributed by atoms with Crippen molar-refractivity contribution < 1.29 is 20.9 Å². The van der Waals surface area contributed by atoms with Gasteiger partial charge in [0, 0.05) is 0 Å². The topological polar surface area (TPSA) is 68.3 Å². The Balaban J connectivity index is 1.59. The Labute approximate surface area is 137 Å². The maximum absolute atomic E-state index is 12.6. The molecule has 4 aliphatic rings. The van der Waals surface area contributed by atoms with Gasteiger partial charge in [-0.05, 0) is 0 Å². The molecule has 7 nitrogen and oxygen atoms in total. The summed E-state index contributed by atoms with van der Waals surface area (Å²) >= 11 is -3.65. The van der Waals surface area contributed by atoms with E-state index in [0.717, 1.165) is 19.6 Å². The third kappa shape index (κ3) is 2.72. The molecule has 2 amide bonds. The molecule has 5 rings (SSSR count). The van der Waals surface area contributed by atoms with Crippen LogP contribution in [-0.2, 0) is 11.3 Å². The van der Waals surface area contributed by atoms with Gasteiger partial charge in [0.15, 0.2) is 0 Å². The van der Waals surface area contributed by atoms with E-state index in [2.05, 4.69) is 4.90 Å². The van der Waals surface area contributed by atoms with E-state index in [9.17, 15) is 9.59 Å². The molecule has 0 saturated carbocycles. The number of imide groups is 1. The van der Waals surface area contributed by atoms with E-state index in [1.54, 1.807) is 24.3 Å². The van der Waals surface area contributed by atoms with E-state index in [1.807, 2.05) is 0 Å². The van der Waals surface area contributed by atoms with Crippen LogP contribution in [0.3, 0.4) is 0 Å². The van der Waals surface area contributed by atoms with Gasteiger partial charge in [-0.15, -0.1) is 0 Å². The van der Waals surface area contributed by atoms with Gasteiger partial charge in [-0.2, -0.15) is 0 Å². The molecular weight excluding hydrogens is 361 g/mol. The normalized spacial score (nSPS) is 30.8. The summed E-state index contributed by atoms with van der Waals surface area (Å²) in [5, 5.41) is 0.131. The molecule has 0 spiro atoms. The average Bonchev–Trinajstić information content (AvgIpc) is 2.73. The zero-order valence-electron chi connectivity index (χ0n) is 12.7. The Hall–Kier alpha value is -1.26. The molecule has 3 saturated heterocycles. The van der Waals surface area contributed by atoms with Crippen LogP contribution in [0.2, 0.25) is 0 Å². The predicted octanol–water partition coefficient (Wildman–Crippen LogP) is 0.140. The first kappa shape index (κ1) is 15.3. The van der Waals surface area contributed by atoms with E-state index in [1.165, 1.54) is 4.90 Å². The third-order valence-electron chi connectivity index (χ3n) is 4.42. The molecule has 4 heterocycles. The number of hydrogen-bond donors (Lipinski definition) is 0. The molecule has 1 aromatic carbocycles. The van der Waals surface area contributed by atoms with Crippen molar-refractivity contribution >= 4 is 26.1 Å². The summed E-state index contributed by atoms with van der Waals surface area (Å²) in [4.78, 5) is 28.6. The zero-order valence-corrected chi connectivity index (χ0v) is 14.8. The SMILES string of the molecule is O=C1c2ccccc2C(=O)N1[CH2][Ge]12[O]CCN(CC[O]1)CC[O]2. The van der Waals surface area contributed by atoms with Gasteiger partial charge in [-0.25, -0.2) is 0 Å². The second-order valence-electron chi connectivity index (χ2n) is 5.81. The van der Waals surface area contributed by atoms with Crippen molar-refractivity contribution in [3.8, 4) is 0 Å². The Morgan fingerprint density at radius 2 is 1.35 bits per heavy atom. The number of hydrogen-bond acceptors (Lipinski definition) is 6. The molecule has 23 heavy (non-hydrogen) atoms. The first-order valence-corrected chi connectivity index (χ1v) is 11.8. The number of benzene rings is 1. The molecule has 0 radical (unpaired) electrons. The van der Waals surface area contributed by atoms with Crippen molar-refractivity contribution in [2.75, 3.05) is 44.8 Å². The van der Waals surface area contributed by atoms with Gasteiger partial charge in [0.1, 0.15) is 0 Å². The van der Waals surface area contributed by atoms with Gasteiger partial charge in [-0.3, -0.25) is 0 Å². The molecule has 4 aliphatic heterocycles.